The molecule has 1 unspecified atom stereocenters. The summed E-state index contributed by atoms with van der Waals surface area (Å²) in [5.74, 6) is 1.03. The van der Waals surface area contributed by atoms with Crippen LogP contribution in [0.5, 0.6) is 5.88 Å². The highest BCUT2D eigenvalue weighted by molar-refractivity contribution is 5.53. The molecule has 0 aliphatic carbocycles. The van der Waals surface area contributed by atoms with Crippen molar-refractivity contribution in [2.24, 2.45) is 0 Å². The predicted octanol–water partition coefficient (Wildman–Crippen LogP) is 0.482. The fourth-order valence-electron chi connectivity index (χ4n) is 1.46. The number of aliphatic hydroxyl groups excluding tert-OH is 1. The minimum absolute atomic E-state index is 0.00540. The van der Waals surface area contributed by atoms with Crippen LogP contribution in [0.3, 0.4) is 0 Å². The van der Waals surface area contributed by atoms with E-state index in [1.54, 1.807) is 19.2 Å². The highest BCUT2D eigenvalue weighted by atomic mass is 16.5. The van der Waals surface area contributed by atoms with Crippen molar-refractivity contribution in [3.8, 4) is 5.88 Å². The van der Waals surface area contributed by atoms with Crippen molar-refractivity contribution in [2.75, 3.05) is 38.5 Å². The number of nitrogens with zero attached hydrogens (tertiary/aromatic N) is 1. The van der Waals surface area contributed by atoms with Crippen LogP contribution in [0.2, 0.25) is 0 Å². The van der Waals surface area contributed by atoms with Gasteiger partial charge in [-0.2, -0.15) is 4.98 Å². The average Bonchev–Trinajstić information content (AvgIpc) is 2.32. The van der Waals surface area contributed by atoms with Crippen LogP contribution < -0.4 is 15.8 Å². The van der Waals surface area contributed by atoms with Gasteiger partial charge < -0.3 is 25.6 Å². The molecule has 0 spiro atoms. The highest BCUT2D eigenvalue weighted by Crippen LogP contribution is 2.20. The second-order valence-corrected chi connectivity index (χ2v) is 3.60. The van der Waals surface area contributed by atoms with Crippen LogP contribution in [0.4, 0.5) is 11.5 Å². The van der Waals surface area contributed by atoms with Gasteiger partial charge in [0.2, 0.25) is 5.88 Å². The molecule has 0 bridgehead atoms. The van der Waals surface area contributed by atoms with E-state index in [0.29, 0.717) is 30.4 Å². The molecule has 1 aromatic heterocycles. The number of methoxy groups -OCH3 is 2. The van der Waals surface area contributed by atoms with E-state index in [1.165, 1.54) is 7.11 Å². The van der Waals surface area contributed by atoms with E-state index in [4.69, 9.17) is 20.3 Å². The van der Waals surface area contributed by atoms with Crippen LogP contribution in [-0.2, 0) is 4.74 Å². The molecule has 0 aliphatic rings. The van der Waals surface area contributed by atoms with E-state index in [2.05, 4.69) is 10.3 Å². The van der Waals surface area contributed by atoms with Gasteiger partial charge in [-0.05, 0) is 18.6 Å². The van der Waals surface area contributed by atoms with Crippen molar-refractivity contribution >= 4 is 11.5 Å². The molecule has 1 rings (SSSR count). The van der Waals surface area contributed by atoms with Crippen LogP contribution in [0, 0.1) is 0 Å². The number of rotatable bonds is 7. The molecule has 0 aromatic carbocycles. The number of hydrogen-bond acceptors (Lipinski definition) is 6. The van der Waals surface area contributed by atoms with E-state index in [0.717, 1.165) is 0 Å². The molecule has 1 aromatic rings. The molecule has 1 heterocycles. The van der Waals surface area contributed by atoms with Crippen LogP contribution in [-0.4, -0.2) is 43.6 Å². The topological polar surface area (TPSA) is 89.6 Å². The molecular formula is C11H19N3O3. The molecule has 6 heteroatoms. The Kier molecular flexibility index (Phi) is 5.51. The third-order valence-electron chi connectivity index (χ3n) is 2.28. The van der Waals surface area contributed by atoms with E-state index in [9.17, 15) is 0 Å². The molecule has 1 atom stereocenters. The van der Waals surface area contributed by atoms with Crippen molar-refractivity contribution in [1.82, 2.24) is 4.98 Å². The maximum Gasteiger partial charge on any atom is 0.238 e. The van der Waals surface area contributed by atoms with Crippen LogP contribution in [0.1, 0.15) is 6.42 Å². The molecule has 0 saturated heterocycles. The number of nitrogen functional groups attached to an aromatic ring is 1. The lowest BCUT2D eigenvalue weighted by molar-refractivity contribution is 0.170. The summed E-state index contributed by atoms with van der Waals surface area (Å²) in [6, 6.07) is 3.49. The SMILES string of the molecule is COCC(CCO)Nc1ccc(N)c(OC)n1. The van der Waals surface area contributed by atoms with Crippen LogP contribution >= 0.6 is 0 Å². The van der Waals surface area contributed by atoms with Gasteiger partial charge in [0, 0.05) is 13.7 Å². The Balaban J connectivity index is 2.71. The van der Waals surface area contributed by atoms with Gasteiger partial charge in [-0.1, -0.05) is 0 Å². The lowest BCUT2D eigenvalue weighted by atomic mass is 10.2. The molecule has 0 radical (unpaired) electrons. The maximum absolute atomic E-state index is 8.93. The summed E-state index contributed by atoms with van der Waals surface area (Å²) in [6.07, 6.45) is 0.586. The third kappa shape index (κ3) is 4.08. The monoisotopic (exact) mass is 241 g/mol. The quantitative estimate of drug-likeness (QED) is 0.643. The summed E-state index contributed by atoms with van der Waals surface area (Å²) in [5.41, 5.74) is 6.16. The Morgan fingerprint density at radius 3 is 2.82 bits per heavy atom. The van der Waals surface area contributed by atoms with Crippen molar-refractivity contribution in [1.29, 1.82) is 0 Å². The summed E-state index contributed by atoms with van der Waals surface area (Å²) in [7, 11) is 3.13. The molecule has 0 amide bonds. The lowest BCUT2D eigenvalue weighted by Gasteiger charge is -2.18. The number of anilines is 2. The second-order valence-electron chi connectivity index (χ2n) is 3.60. The Bertz CT molecular complexity index is 341. The maximum atomic E-state index is 8.93. The number of aromatic nitrogens is 1. The number of nitrogens with two attached hydrogens (primary N) is 1. The van der Waals surface area contributed by atoms with Gasteiger partial charge in [-0.3, -0.25) is 0 Å². The minimum atomic E-state index is 0.00540. The summed E-state index contributed by atoms with van der Waals surface area (Å²) in [5, 5.41) is 12.1. The second kappa shape index (κ2) is 6.93. The van der Waals surface area contributed by atoms with Crippen molar-refractivity contribution < 1.29 is 14.6 Å². The fourth-order valence-corrected chi connectivity index (χ4v) is 1.46. The van der Waals surface area contributed by atoms with E-state index >= 15 is 0 Å². The number of pyridine rings is 1. The standard InChI is InChI=1S/C11H19N3O3/c1-16-7-8(5-6-15)13-10-4-3-9(12)11(14-10)17-2/h3-4,8,15H,5-7,12H2,1-2H3,(H,13,14). The molecule has 4 N–H and O–H groups in total. The van der Waals surface area contributed by atoms with Gasteiger partial charge in [0.25, 0.3) is 0 Å². The molecular weight excluding hydrogens is 222 g/mol. The fraction of sp³-hybridized carbons (Fsp3) is 0.545. The summed E-state index contributed by atoms with van der Waals surface area (Å²) >= 11 is 0. The number of nitrogens with one attached hydrogen (secondary N) is 1. The van der Waals surface area contributed by atoms with Gasteiger partial charge in [-0.25, -0.2) is 0 Å². The molecule has 0 fully saturated rings. The number of hydrogen-bond donors (Lipinski definition) is 3. The lowest BCUT2D eigenvalue weighted by Crippen LogP contribution is -2.26. The first-order valence-electron chi connectivity index (χ1n) is 5.38. The van der Waals surface area contributed by atoms with E-state index < -0.39 is 0 Å². The Morgan fingerprint density at radius 2 is 2.24 bits per heavy atom. The summed E-state index contributed by atoms with van der Waals surface area (Å²) < 4.78 is 10.1. The summed E-state index contributed by atoms with van der Waals surface area (Å²) in [6.45, 7) is 0.585. The van der Waals surface area contributed by atoms with Crippen molar-refractivity contribution in [3.05, 3.63) is 12.1 Å². The van der Waals surface area contributed by atoms with Gasteiger partial charge in [-0.15, -0.1) is 0 Å². The first-order chi connectivity index (χ1) is 8.21. The normalized spacial score (nSPS) is 12.2. The van der Waals surface area contributed by atoms with Crippen molar-refractivity contribution in [2.45, 2.75) is 12.5 Å². The number of aliphatic hydroxyl groups is 1. The summed E-state index contributed by atoms with van der Waals surface area (Å²) in [4.78, 5) is 4.20. The largest absolute Gasteiger partial charge is 0.479 e. The highest BCUT2D eigenvalue weighted by Gasteiger charge is 2.10. The molecule has 96 valence electrons. The molecule has 6 nitrogen and oxygen atoms in total. The Hall–Kier alpha value is -1.53. The minimum Gasteiger partial charge on any atom is -0.479 e. The third-order valence-corrected chi connectivity index (χ3v) is 2.28. The molecule has 17 heavy (non-hydrogen) atoms. The zero-order chi connectivity index (χ0) is 12.7. The zero-order valence-corrected chi connectivity index (χ0v) is 10.1. The van der Waals surface area contributed by atoms with Gasteiger partial charge in [0.05, 0.1) is 25.4 Å². The predicted molar refractivity (Wildman–Crippen MR) is 66.2 cm³/mol. The Labute approximate surface area is 101 Å². The average molecular weight is 241 g/mol. The first kappa shape index (κ1) is 13.5. The van der Waals surface area contributed by atoms with Gasteiger partial charge >= 0.3 is 0 Å². The van der Waals surface area contributed by atoms with Gasteiger partial charge in [0.15, 0.2) is 0 Å². The zero-order valence-electron chi connectivity index (χ0n) is 10.1. The first-order valence-corrected chi connectivity index (χ1v) is 5.38. The smallest absolute Gasteiger partial charge is 0.238 e. The molecule has 0 aliphatic heterocycles. The van der Waals surface area contributed by atoms with Crippen LogP contribution in [0.25, 0.3) is 0 Å². The van der Waals surface area contributed by atoms with Crippen molar-refractivity contribution in [3.63, 3.8) is 0 Å². The van der Waals surface area contributed by atoms with Gasteiger partial charge in [0.1, 0.15) is 5.82 Å². The molecule has 0 saturated carbocycles. The van der Waals surface area contributed by atoms with Crippen LogP contribution in [0.15, 0.2) is 12.1 Å². The number of ether oxygens (including phenoxy) is 2. The van der Waals surface area contributed by atoms with E-state index in [-0.39, 0.29) is 12.6 Å². The van der Waals surface area contributed by atoms with E-state index in [1.807, 2.05) is 0 Å². The Morgan fingerprint density at radius 1 is 1.47 bits per heavy atom.